The van der Waals surface area contributed by atoms with E-state index in [1.54, 1.807) is 12.1 Å². The van der Waals surface area contributed by atoms with Gasteiger partial charge >= 0.3 is 5.97 Å². The van der Waals surface area contributed by atoms with Crippen LogP contribution in [0.1, 0.15) is 121 Å². The Bertz CT molecular complexity index is 1300. The summed E-state index contributed by atoms with van der Waals surface area (Å²) < 4.78 is 5.56. The molecule has 5 fully saturated rings. The van der Waals surface area contributed by atoms with Crippen LogP contribution >= 0.6 is 0 Å². The molecular weight excluding hydrogens is 556 g/mol. The van der Waals surface area contributed by atoms with E-state index in [2.05, 4.69) is 50.9 Å². The lowest BCUT2D eigenvalue weighted by molar-refractivity contribution is -0.217. The quantitative estimate of drug-likeness (QED) is 0.302. The number of allylic oxidation sites excluding steroid dienone is 2. The molecule has 0 aromatic heterocycles. The van der Waals surface area contributed by atoms with Gasteiger partial charge in [0.2, 0.25) is 0 Å². The maximum Gasteiger partial charge on any atom is 0.335 e. The average molecular weight is 617 g/mol. The maximum absolute atomic E-state index is 11.5. The number of carboxylic acids is 1. The van der Waals surface area contributed by atoms with Gasteiger partial charge in [0, 0.05) is 18.6 Å². The molecule has 5 heteroatoms. The molecule has 2 N–H and O–H groups in total. The Labute approximate surface area is 272 Å². The van der Waals surface area contributed by atoms with Crippen molar-refractivity contribution < 1.29 is 14.6 Å². The van der Waals surface area contributed by atoms with E-state index in [1.807, 2.05) is 12.1 Å². The third-order valence-electron chi connectivity index (χ3n) is 15.6. The van der Waals surface area contributed by atoms with Crippen molar-refractivity contribution in [3.63, 3.8) is 0 Å². The van der Waals surface area contributed by atoms with Crippen molar-refractivity contribution in [2.75, 3.05) is 39.4 Å². The van der Waals surface area contributed by atoms with Gasteiger partial charge in [-0.25, -0.2) is 4.79 Å². The molecule has 0 bridgehead atoms. The monoisotopic (exact) mass is 616 g/mol. The SMILES string of the molecule is CC1(C)C(c2ccc(C(=O)O)cc2)=CCC2(C)C1CCC1(C)C2CCC2C3CCC[C@]3(NCCCN3CCOCC3)CC[C@]21C. The second-order valence-corrected chi connectivity index (χ2v) is 17.5. The average Bonchev–Trinajstić information content (AvgIpc) is 3.44. The Morgan fingerprint density at radius 3 is 2.38 bits per heavy atom. The number of morpholine rings is 1. The minimum absolute atomic E-state index is 0.0646. The smallest absolute Gasteiger partial charge is 0.335 e. The van der Waals surface area contributed by atoms with Gasteiger partial charge in [0.25, 0.3) is 0 Å². The van der Waals surface area contributed by atoms with Crippen molar-refractivity contribution in [2.24, 2.45) is 45.3 Å². The fourth-order valence-corrected chi connectivity index (χ4v) is 13.2. The van der Waals surface area contributed by atoms with Crippen LogP contribution in [0.25, 0.3) is 5.57 Å². The van der Waals surface area contributed by atoms with Gasteiger partial charge in [-0.3, -0.25) is 4.90 Å². The van der Waals surface area contributed by atoms with Crippen LogP contribution in [0.5, 0.6) is 0 Å². The molecule has 0 amide bonds. The van der Waals surface area contributed by atoms with E-state index in [0.29, 0.717) is 33.3 Å². The standard InChI is InChI=1S/C40H60N2O3/c1-36(2)30(28-9-11-29(12-10-28)35(43)44)15-18-37(3)33(36)16-19-39(5)34(37)14-13-31-32-8-6-17-40(32,21-20-38(31,39)4)41-22-7-23-42-24-26-45-27-25-42/h9-12,15,31-34,41H,6-8,13-14,16-27H2,1-5H3,(H,43,44)/t31?,32?,33?,34?,37?,38-,39?,40+/m1/s1. The van der Waals surface area contributed by atoms with E-state index in [9.17, 15) is 9.90 Å². The zero-order chi connectivity index (χ0) is 31.7. The normalized spacial score (nSPS) is 42.6. The molecule has 1 aromatic carbocycles. The molecule has 45 heavy (non-hydrogen) atoms. The Morgan fingerprint density at radius 2 is 1.64 bits per heavy atom. The number of ether oxygens (including phenoxy) is 1. The number of aromatic carboxylic acids is 1. The van der Waals surface area contributed by atoms with Gasteiger partial charge in [-0.15, -0.1) is 0 Å². The molecule has 5 aliphatic carbocycles. The fourth-order valence-electron chi connectivity index (χ4n) is 13.2. The molecule has 1 heterocycles. The van der Waals surface area contributed by atoms with E-state index in [1.165, 1.54) is 88.4 Å². The highest BCUT2D eigenvalue weighted by Gasteiger charge is 2.69. The van der Waals surface area contributed by atoms with E-state index in [0.717, 1.165) is 50.5 Å². The van der Waals surface area contributed by atoms with Crippen LogP contribution < -0.4 is 5.32 Å². The molecule has 0 radical (unpaired) electrons. The van der Waals surface area contributed by atoms with Crippen LogP contribution in [-0.4, -0.2) is 60.9 Å². The Hall–Kier alpha value is -1.69. The predicted octanol–water partition coefficient (Wildman–Crippen LogP) is 8.30. The summed E-state index contributed by atoms with van der Waals surface area (Å²) >= 11 is 0. The first-order chi connectivity index (χ1) is 21.4. The third kappa shape index (κ3) is 4.91. The summed E-state index contributed by atoms with van der Waals surface area (Å²) in [4.78, 5) is 14.1. The number of fused-ring (bicyclic) bond motifs is 7. The lowest BCUT2D eigenvalue weighted by Crippen LogP contribution is -2.67. The summed E-state index contributed by atoms with van der Waals surface area (Å²) in [5, 5.41) is 13.7. The third-order valence-corrected chi connectivity index (χ3v) is 15.6. The Kier molecular flexibility index (Phi) is 8.13. The van der Waals surface area contributed by atoms with E-state index < -0.39 is 5.97 Å². The number of nitrogens with one attached hydrogen (secondary N) is 1. The fraction of sp³-hybridized carbons (Fsp3) is 0.775. The van der Waals surface area contributed by atoms with Crippen molar-refractivity contribution in [3.8, 4) is 0 Å². The van der Waals surface area contributed by atoms with Gasteiger partial charge in [-0.05, 0) is 146 Å². The van der Waals surface area contributed by atoms with Gasteiger partial charge in [0.15, 0.2) is 0 Å². The topological polar surface area (TPSA) is 61.8 Å². The van der Waals surface area contributed by atoms with Crippen LogP contribution in [0.2, 0.25) is 0 Å². The van der Waals surface area contributed by atoms with Crippen LogP contribution in [0.15, 0.2) is 30.3 Å². The van der Waals surface area contributed by atoms with Crippen molar-refractivity contribution in [1.29, 1.82) is 0 Å². The van der Waals surface area contributed by atoms with Gasteiger partial charge in [0.05, 0.1) is 18.8 Å². The summed E-state index contributed by atoms with van der Waals surface area (Å²) in [6.45, 7) is 19.5. The summed E-state index contributed by atoms with van der Waals surface area (Å²) in [6.07, 6.45) is 17.4. The number of benzene rings is 1. The predicted molar refractivity (Wildman–Crippen MR) is 182 cm³/mol. The number of hydrogen-bond donors (Lipinski definition) is 2. The van der Waals surface area contributed by atoms with Crippen LogP contribution in [0.4, 0.5) is 0 Å². The Morgan fingerprint density at radius 1 is 0.889 bits per heavy atom. The lowest BCUT2D eigenvalue weighted by atomic mass is 9.33. The van der Waals surface area contributed by atoms with Crippen molar-refractivity contribution in [3.05, 3.63) is 41.5 Å². The van der Waals surface area contributed by atoms with Gasteiger partial charge in [-0.2, -0.15) is 0 Å². The molecule has 8 atom stereocenters. The molecule has 1 aliphatic heterocycles. The van der Waals surface area contributed by atoms with E-state index in [4.69, 9.17) is 4.74 Å². The minimum atomic E-state index is -0.848. The molecule has 248 valence electrons. The highest BCUT2D eigenvalue weighted by atomic mass is 16.5. The number of hydrogen-bond acceptors (Lipinski definition) is 4. The Balaban J connectivity index is 1.10. The molecule has 7 rings (SSSR count). The summed E-state index contributed by atoms with van der Waals surface area (Å²) in [5.41, 5.74) is 4.55. The highest BCUT2D eigenvalue weighted by Crippen LogP contribution is 2.76. The molecule has 1 saturated heterocycles. The molecule has 6 aliphatic rings. The number of carboxylic acid groups (broad SMARTS) is 1. The van der Waals surface area contributed by atoms with Crippen LogP contribution in [-0.2, 0) is 4.74 Å². The second kappa shape index (κ2) is 11.5. The summed E-state index contributed by atoms with van der Waals surface area (Å²) in [7, 11) is 0. The molecule has 4 saturated carbocycles. The molecule has 1 aromatic rings. The van der Waals surface area contributed by atoms with Gasteiger partial charge in [-0.1, -0.05) is 59.2 Å². The first kappa shape index (κ1) is 31.9. The minimum Gasteiger partial charge on any atom is -0.478 e. The lowest BCUT2D eigenvalue weighted by Gasteiger charge is -2.72. The molecule has 0 spiro atoms. The first-order valence-electron chi connectivity index (χ1n) is 18.5. The van der Waals surface area contributed by atoms with Crippen LogP contribution in [0.3, 0.4) is 0 Å². The number of nitrogens with zero attached hydrogens (tertiary/aromatic N) is 1. The van der Waals surface area contributed by atoms with Gasteiger partial charge in [0.1, 0.15) is 0 Å². The summed E-state index contributed by atoms with van der Waals surface area (Å²) in [5.74, 6) is 2.23. The van der Waals surface area contributed by atoms with E-state index >= 15 is 0 Å². The second-order valence-electron chi connectivity index (χ2n) is 17.5. The zero-order valence-electron chi connectivity index (χ0n) is 28.9. The molecular formula is C40H60N2O3. The van der Waals surface area contributed by atoms with Crippen molar-refractivity contribution in [2.45, 2.75) is 111 Å². The zero-order valence-corrected chi connectivity index (χ0v) is 28.9. The summed E-state index contributed by atoms with van der Waals surface area (Å²) in [6, 6.07) is 7.66. The maximum atomic E-state index is 11.5. The first-order valence-corrected chi connectivity index (χ1v) is 18.5. The number of carbonyl (C=O) groups is 1. The molecule has 6 unspecified atom stereocenters. The van der Waals surface area contributed by atoms with Crippen molar-refractivity contribution in [1.82, 2.24) is 10.2 Å². The number of rotatable bonds is 7. The van der Waals surface area contributed by atoms with Crippen molar-refractivity contribution >= 4 is 11.5 Å². The van der Waals surface area contributed by atoms with Crippen LogP contribution in [0, 0.1) is 45.3 Å². The highest BCUT2D eigenvalue weighted by molar-refractivity contribution is 5.88. The van der Waals surface area contributed by atoms with Gasteiger partial charge < -0.3 is 15.2 Å². The molecule has 5 nitrogen and oxygen atoms in total. The van der Waals surface area contributed by atoms with E-state index in [-0.39, 0.29) is 5.41 Å². The largest absolute Gasteiger partial charge is 0.478 e.